The molecule has 0 unspecified atom stereocenters. The number of anilines is 3. The molecule has 0 spiro atoms. The molecule has 0 N–H and O–H groups in total. The Labute approximate surface area is 341 Å². The first kappa shape index (κ1) is 34.6. The minimum absolute atomic E-state index is 0.129. The van der Waals surface area contributed by atoms with Gasteiger partial charge in [0.2, 0.25) is 0 Å². The molecule has 1 aromatic heterocycles. The second kappa shape index (κ2) is 12.4. The summed E-state index contributed by atoms with van der Waals surface area (Å²) in [5.74, 6) is 0. The average Bonchev–Trinajstić information content (AvgIpc) is 3.81. The lowest BCUT2D eigenvalue weighted by atomic mass is 9.82. The van der Waals surface area contributed by atoms with Gasteiger partial charge >= 0.3 is 0 Å². The minimum Gasteiger partial charge on any atom is -0.456 e. The van der Waals surface area contributed by atoms with Gasteiger partial charge in [0.1, 0.15) is 11.2 Å². The van der Waals surface area contributed by atoms with Crippen molar-refractivity contribution in [1.82, 2.24) is 0 Å². The van der Waals surface area contributed by atoms with Gasteiger partial charge in [0.05, 0.1) is 16.8 Å². The van der Waals surface area contributed by atoms with E-state index in [0.29, 0.717) is 0 Å². The highest BCUT2D eigenvalue weighted by atomic mass is 16.3. The maximum Gasteiger partial charge on any atom is 0.137 e. The molecule has 0 saturated carbocycles. The van der Waals surface area contributed by atoms with Crippen molar-refractivity contribution in [2.45, 2.75) is 52.4 Å². The van der Waals surface area contributed by atoms with Gasteiger partial charge in [-0.25, -0.2) is 0 Å². The summed E-state index contributed by atoms with van der Waals surface area (Å²) in [7, 11) is 0. The van der Waals surface area contributed by atoms with Gasteiger partial charge < -0.3 is 9.32 Å². The predicted molar refractivity (Wildman–Crippen MR) is 244 cm³/mol. The van der Waals surface area contributed by atoms with Gasteiger partial charge in [-0.3, -0.25) is 0 Å². The number of aryl methyl sites for hydroxylation is 2. The third-order valence-electron chi connectivity index (χ3n) is 13.4. The summed E-state index contributed by atoms with van der Waals surface area (Å²) in [5, 5.41) is 2.22. The minimum atomic E-state index is -0.137. The van der Waals surface area contributed by atoms with Gasteiger partial charge in [-0.15, -0.1) is 0 Å². The van der Waals surface area contributed by atoms with Crippen molar-refractivity contribution in [3.63, 3.8) is 0 Å². The number of furan rings is 1. The van der Waals surface area contributed by atoms with E-state index in [1.165, 1.54) is 78.0 Å². The van der Waals surface area contributed by atoms with Crippen LogP contribution in [0.4, 0.5) is 17.1 Å². The molecule has 8 aromatic carbocycles. The Kier molecular flexibility index (Phi) is 7.41. The topological polar surface area (TPSA) is 16.4 Å². The van der Waals surface area contributed by atoms with E-state index in [2.05, 4.69) is 210 Å². The molecule has 280 valence electrons. The fourth-order valence-corrected chi connectivity index (χ4v) is 10.4. The van der Waals surface area contributed by atoms with E-state index < -0.39 is 0 Å². The Hall–Kier alpha value is -6.64. The molecule has 0 amide bonds. The number of hydrogen-bond donors (Lipinski definition) is 0. The largest absolute Gasteiger partial charge is 0.456 e. The molecule has 58 heavy (non-hydrogen) atoms. The van der Waals surface area contributed by atoms with E-state index in [9.17, 15) is 0 Å². The van der Waals surface area contributed by atoms with Crippen molar-refractivity contribution < 1.29 is 4.42 Å². The molecule has 0 saturated heterocycles. The van der Waals surface area contributed by atoms with Gasteiger partial charge in [0, 0.05) is 27.5 Å². The van der Waals surface area contributed by atoms with E-state index in [1.807, 2.05) is 0 Å². The first-order chi connectivity index (χ1) is 28.1. The van der Waals surface area contributed by atoms with E-state index in [1.54, 1.807) is 0 Å². The van der Waals surface area contributed by atoms with Crippen molar-refractivity contribution >= 4 is 39.0 Å². The van der Waals surface area contributed by atoms with E-state index in [0.717, 1.165) is 38.9 Å². The maximum atomic E-state index is 6.82. The van der Waals surface area contributed by atoms with E-state index >= 15 is 0 Å². The van der Waals surface area contributed by atoms with Crippen LogP contribution in [-0.4, -0.2) is 0 Å². The summed E-state index contributed by atoms with van der Waals surface area (Å²) in [6.07, 6.45) is 0. The monoisotopic (exact) mass is 747 g/mol. The van der Waals surface area contributed by atoms with Crippen LogP contribution in [0, 0.1) is 13.8 Å². The smallest absolute Gasteiger partial charge is 0.137 e. The first-order valence-corrected chi connectivity index (χ1v) is 20.5. The number of rotatable bonds is 5. The zero-order valence-electron chi connectivity index (χ0n) is 33.9. The zero-order valence-corrected chi connectivity index (χ0v) is 33.9. The normalized spacial score (nSPS) is 14.3. The highest BCUT2D eigenvalue weighted by Gasteiger charge is 2.39. The van der Waals surface area contributed by atoms with Crippen molar-refractivity contribution in [2.24, 2.45) is 0 Å². The Balaban J connectivity index is 1.12. The number of benzene rings is 8. The predicted octanol–water partition coefficient (Wildman–Crippen LogP) is 15.6. The molecule has 2 heteroatoms. The van der Waals surface area contributed by atoms with Crippen LogP contribution in [0.5, 0.6) is 0 Å². The van der Waals surface area contributed by atoms with Crippen LogP contribution in [0.3, 0.4) is 0 Å². The quantitative estimate of drug-likeness (QED) is 0.174. The number of hydrogen-bond acceptors (Lipinski definition) is 2. The molecule has 11 rings (SSSR count). The lowest BCUT2D eigenvalue weighted by molar-refractivity contribution is 0.660. The second-order valence-corrected chi connectivity index (χ2v) is 17.4. The molecule has 2 nitrogen and oxygen atoms in total. The van der Waals surface area contributed by atoms with Crippen LogP contribution in [0.1, 0.15) is 61.1 Å². The second-order valence-electron chi connectivity index (χ2n) is 17.4. The molecular formula is C56H45NO. The molecule has 1 heterocycles. The van der Waals surface area contributed by atoms with Crippen LogP contribution in [-0.2, 0) is 10.8 Å². The average molecular weight is 748 g/mol. The zero-order chi connectivity index (χ0) is 39.5. The number of nitrogens with zero attached hydrogens (tertiary/aromatic N) is 1. The lowest BCUT2D eigenvalue weighted by Gasteiger charge is -2.31. The lowest BCUT2D eigenvalue weighted by Crippen LogP contribution is -2.17. The van der Waals surface area contributed by atoms with Crippen molar-refractivity contribution in [2.75, 3.05) is 4.90 Å². The summed E-state index contributed by atoms with van der Waals surface area (Å²) < 4.78 is 6.82. The van der Waals surface area contributed by atoms with Crippen molar-refractivity contribution in [3.05, 3.63) is 197 Å². The summed E-state index contributed by atoms with van der Waals surface area (Å²) in [5.41, 5.74) is 23.0. The Bertz CT molecular complexity index is 3160. The van der Waals surface area contributed by atoms with E-state index in [4.69, 9.17) is 4.42 Å². The van der Waals surface area contributed by atoms with Gasteiger partial charge in [-0.05, 0) is 129 Å². The van der Waals surface area contributed by atoms with Crippen molar-refractivity contribution in [3.8, 4) is 44.5 Å². The maximum absolute atomic E-state index is 6.82. The molecule has 0 aliphatic heterocycles. The van der Waals surface area contributed by atoms with Gasteiger partial charge in [0.15, 0.2) is 0 Å². The van der Waals surface area contributed by atoms with Crippen molar-refractivity contribution in [1.29, 1.82) is 0 Å². The molecule has 0 radical (unpaired) electrons. The molecule has 2 aliphatic carbocycles. The van der Waals surface area contributed by atoms with Gasteiger partial charge in [-0.1, -0.05) is 149 Å². The molecular weight excluding hydrogens is 703 g/mol. The Morgan fingerprint density at radius 3 is 1.79 bits per heavy atom. The summed E-state index contributed by atoms with van der Waals surface area (Å²) in [4.78, 5) is 2.51. The molecule has 2 aliphatic rings. The Morgan fingerprint density at radius 1 is 0.414 bits per heavy atom. The summed E-state index contributed by atoms with van der Waals surface area (Å²) in [6.45, 7) is 13.9. The fourth-order valence-electron chi connectivity index (χ4n) is 10.4. The standard InChI is InChI=1S/C56H45NO/c1-34-15-7-8-16-39(34)40-28-25-36(31-35(40)2)37-26-29-44-52(32-37)58-51-24-14-23-50(54(44)51)57(38-27-30-42-41-17-9-11-19-45(41)56(5,6)48(42)33-38)49-22-13-21-47-53(49)43-18-10-12-20-46(43)55(47,3)4/h7-33H,1-6H3. The third-order valence-corrected chi connectivity index (χ3v) is 13.4. The highest BCUT2D eigenvalue weighted by Crippen LogP contribution is 2.56. The fraction of sp³-hybridized carbons (Fsp3) is 0.143. The molecule has 9 aromatic rings. The first-order valence-electron chi connectivity index (χ1n) is 20.5. The number of fused-ring (bicyclic) bond motifs is 9. The Morgan fingerprint density at radius 2 is 1.00 bits per heavy atom. The summed E-state index contributed by atoms with van der Waals surface area (Å²) in [6, 6.07) is 60.6. The summed E-state index contributed by atoms with van der Waals surface area (Å²) >= 11 is 0. The van der Waals surface area contributed by atoms with E-state index in [-0.39, 0.29) is 10.8 Å². The van der Waals surface area contributed by atoms with Crippen LogP contribution >= 0.6 is 0 Å². The van der Waals surface area contributed by atoms with Gasteiger partial charge in [-0.2, -0.15) is 0 Å². The van der Waals surface area contributed by atoms with Gasteiger partial charge in [0.25, 0.3) is 0 Å². The van der Waals surface area contributed by atoms with Crippen LogP contribution in [0.25, 0.3) is 66.4 Å². The molecule has 0 atom stereocenters. The SMILES string of the molecule is Cc1ccccc1-c1ccc(-c2ccc3c(c2)oc2cccc(N(c4ccc5c(c4)C(C)(C)c4ccccc4-5)c4cccc5c4-c4ccccc4C5(C)C)c23)cc1C. The molecule has 0 fully saturated rings. The van der Waals surface area contributed by atoms with Crippen LogP contribution < -0.4 is 4.90 Å². The van der Waals surface area contributed by atoms with Crippen LogP contribution in [0.2, 0.25) is 0 Å². The highest BCUT2D eigenvalue weighted by molar-refractivity contribution is 6.15. The van der Waals surface area contributed by atoms with Crippen LogP contribution in [0.15, 0.2) is 168 Å². The molecule has 0 bridgehead atoms. The third kappa shape index (κ3) is 4.91.